The zero-order chi connectivity index (χ0) is 11.8. The van der Waals surface area contributed by atoms with E-state index in [2.05, 4.69) is 56.0 Å². The molecule has 1 aliphatic heterocycles. The Hall–Kier alpha value is -0.860. The molecule has 1 saturated heterocycles. The highest BCUT2D eigenvalue weighted by Crippen LogP contribution is 2.30. The minimum absolute atomic E-state index is 0.223. The normalized spacial score (nSPS) is 27.2. The summed E-state index contributed by atoms with van der Waals surface area (Å²) in [7, 11) is 0. The smallest absolute Gasteiger partial charge is 0.0250 e. The number of nitrogens with two attached hydrogens (primary N) is 1. The van der Waals surface area contributed by atoms with Gasteiger partial charge in [0, 0.05) is 30.6 Å². The lowest BCUT2D eigenvalue weighted by atomic mass is 9.95. The van der Waals surface area contributed by atoms with E-state index in [1.54, 1.807) is 0 Å². The Morgan fingerprint density at radius 2 is 1.75 bits per heavy atom. The van der Waals surface area contributed by atoms with Gasteiger partial charge in [0.25, 0.3) is 0 Å². The minimum atomic E-state index is 0.223. The van der Waals surface area contributed by atoms with Gasteiger partial charge >= 0.3 is 0 Å². The van der Waals surface area contributed by atoms with Crippen LogP contribution >= 0.6 is 0 Å². The van der Waals surface area contributed by atoms with Gasteiger partial charge in [0.2, 0.25) is 0 Å². The highest BCUT2D eigenvalue weighted by Gasteiger charge is 2.36. The van der Waals surface area contributed by atoms with Gasteiger partial charge in [0.15, 0.2) is 0 Å². The molecule has 0 aromatic heterocycles. The second kappa shape index (κ2) is 4.19. The van der Waals surface area contributed by atoms with Crippen LogP contribution in [0.15, 0.2) is 30.3 Å². The molecule has 0 saturated carbocycles. The third kappa shape index (κ3) is 2.28. The van der Waals surface area contributed by atoms with Crippen LogP contribution in [0.5, 0.6) is 0 Å². The van der Waals surface area contributed by atoms with Gasteiger partial charge in [0.05, 0.1) is 0 Å². The first-order chi connectivity index (χ1) is 7.48. The molecule has 2 atom stereocenters. The first kappa shape index (κ1) is 11.6. The maximum Gasteiger partial charge on any atom is 0.0250 e. The van der Waals surface area contributed by atoms with Crippen molar-refractivity contribution in [3.8, 4) is 0 Å². The molecule has 2 nitrogen and oxygen atoms in total. The number of hydrogen-bond donors (Lipinski definition) is 1. The number of likely N-dealkylation sites (tertiary alicyclic amines) is 1. The third-order valence-electron chi connectivity index (χ3n) is 3.54. The van der Waals surface area contributed by atoms with Crippen LogP contribution in [0, 0.1) is 0 Å². The second-order valence-electron chi connectivity index (χ2n) is 5.76. The lowest BCUT2D eigenvalue weighted by molar-refractivity contribution is 0.171. The van der Waals surface area contributed by atoms with Gasteiger partial charge in [-0.3, -0.25) is 4.90 Å². The Balaban J connectivity index is 2.15. The molecule has 1 aliphatic rings. The molecule has 0 aliphatic carbocycles. The SMILES string of the molecule is CC(C)(C)N1C[C@@H](N)[C@H](c2ccccc2)C1. The molecule has 2 heteroatoms. The maximum atomic E-state index is 6.26. The lowest BCUT2D eigenvalue weighted by Gasteiger charge is -2.31. The van der Waals surface area contributed by atoms with E-state index in [-0.39, 0.29) is 11.6 Å². The average molecular weight is 218 g/mol. The van der Waals surface area contributed by atoms with Crippen LogP contribution in [-0.2, 0) is 0 Å². The molecule has 2 N–H and O–H groups in total. The molecule has 0 radical (unpaired) electrons. The minimum Gasteiger partial charge on any atom is -0.326 e. The Bertz CT molecular complexity index is 340. The maximum absolute atomic E-state index is 6.26. The summed E-state index contributed by atoms with van der Waals surface area (Å²) in [4.78, 5) is 2.48. The van der Waals surface area contributed by atoms with Crippen molar-refractivity contribution in [2.45, 2.75) is 38.3 Å². The molecule has 0 unspecified atom stereocenters. The van der Waals surface area contributed by atoms with Crippen molar-refractivity contribution in [1.29, 1.82) is 0 Å². The first-order valence-corrected chi connectivity index (χ1v) is 6.04. The van der Waals surface area contributed by atoms with Crippen molar-refractivity contribution in [2.75, 3.05) is 13.1 Å². The zero-order valence-corrected chi connectivity index (χ0v) is 10.5. The molecular weight excluding hydrogens is 196 g/mol. The van der Waals surface area contributed by atoms with E-state index < -0.39 is 0 Å². The number of rotatable bonds is 1. The molecule has 0 bridgehead atoms. The van der Waals surface area contributed by atoms with E-state index in [0.717, 1.165) is 13.1 Å². The fourth-order valence-corrected chi connectivity index (χ4v) is 2.43. The number of nitrogens with zero attached hydrogens (tertiary/aromatic N) is 1. The average Bonchev–Trinajstić information content (AvgIpc) is 2.61. The molecule has 1 aromatic rings. The van der Waals surface area contributed by atoms with Gasteiger partial charge in [-0.05, 0) is 26.3 Å². The summed E-state index contributed by atoms with van der Waals surface area (Å²) in [6.45, 7) is 8.85. The summed E-state index contributed by atoms with van der Waals surface area (Å²) in [5.74, 6) is 0.487. The van der Waals surface area contributed by atoms with E-state index in [0.29, 0.717) is 5.92 Å². The summed E-state index contributed by atoms with van der Waals surface area (Å²) in [6, 6.07) is 10.9. The van der Waals surface area contributed by atoms with Crippen molar-refractivity contribution in [3.05, 3.63) is 35.9 Å². The van der Waals surface area contributed by atoms with Gasteiger partial charge in [-0.25, -0.2) is 0 Å². The van der Waals surface area contributed by atoms with E-state index in [9.17, 15) is 0 Å². The zero-order valence-electron chi connectivity index (χ0n) is 10.5. The third-order valence-corrected chi connectivity index (χ3v) is 3.54. The Labute approximate surface area is 98.4 Å². The van der Waals surface area contributed by atoms with E-state index in [4.69, 9.17) is 5.73 Å². The standard InChI is InChI=1S/C14H22N2/c1-14(2,3)16-9-12(13(15)10-16)11-7-5-4-6-8-11/h4-8,12-13H,9-10,15H2,1-3H3/t12-,13+/m0/s1. The Morgan fingerprint density at radius 3 is 2.25 bits per heavy atom. The second-order valence-corrected chi connectivity index (χ2v) is 5.76. The quantitative estimate of drug-likeness (QED) is 0.783. The summed E-state index contributed by atoms with van der Waals surface area (Å²) in [5.41, 5.74) is 7.86. The molecule has 1 heterocycles. The van der Waals surface area contributed by atoms with Crippen LogP contribution < -0.4 is 5.73 Å². The monoisotopic (exact) mass is 218 g/mol. The van der Waals surface area contributed by atoms with Crippen molar-refractivity contribution >= 4 is 0 Å². The van der Waals surface area contributed by atoms with Gasteiger partial charge in [0.1, 0.15) is 0 Å². The largest absolute Gasteiger partial charge is 0.326 e. The summed E-state index contributed by atoms with van der Waals surface area (Å²) < 4.78 is 0. The van der Waals surface area contributed by atoms with Gasteiger partial charge in [-0.2, -0.15) is 0 Å². The Morgan fingerprint density at radius 1 is 1.12 bits per heavy atom. The highest BCUT2D eigenvalue weighted by atomic mass is 15.2. The molecule has 0 spiro atoms. The van der Waals surface area contributed by atoms with Crippen molar-refractivity contribution in [3.63, 3.8) is 0 Å². The Kier molecular flexibility index (Phi) is 3.04. The lowest BCUT2D eigenvalue weighted by Crippen LogP contribution is -2.40. The van der Waals surface area contributed by atoms with Crippen LogP contribution in [0.25, 0.3) is 0 Å². The predicted octanol–water partition coefficient (Wildman–Crippen LogP) is 2.21. The fraction of sp³-hybridized carbons (Fsp3) is 0.571. The molecule has 88 valence electrons. The van der Waals surface area contributed by atoms with Crippen molar-refractivity contribution in [2.24, 2.45) is 5.73 Å². The number of hydrogen-bond acceptors (Lipinski definition) is 2. The van der Waals surface area contributed by atoms with Crippen molar-refractivity contribution in [1.82, 2.24) is 4.90 Å². The highest BCUT2D eigenvalue weighted by molar-refractivity contribution is 5.23. The van der Waals surface area contributed by atoms with Crippen LogP contribution in [0.1, 0.15) is 32.3 Å². The van der Waals surface area contributed by atoms with Crippen LogP contribution in [-0.4, -0.2) is 29.6 Å². The molecule has 2 rings (SSSR count). The molecular formula is C14H22N2. The van der Waals surface area contributed by atoms with Crippen LogP contribution in [0.4, 0.5) is 0 Å². The molecule has 0 amide bonds. The van der Waals surface area contributed by atoms with Gasteiger partial charge in [-0.1, -0.05) is 30.3 Å². The van der Waals surface area contributed by atoms with E-state index >= 15 is 0 Å². The van der Waals surface area contributed by atoms with Crippen LogP contribution in [0.3, 0.4) is 0 Å². The molecule has 16 heavy (non-hydrogen) atoms. The van der Waals surface area contributed by atoms with E-state index in [1.807, 2.05) is 0 Å². The van der Waals surface area contributed by atoms with Gasteiger partial charge in [-0.15, -0.1) is 0 Å². The summed E-state index contributed by atoms with van der Waals surface area (Å²) in [5, 5.41) is 0. The molecule has 1 fully saturated rings. The fourth-order valence-electron chi connectivity index (χ4n) is 2.43. The van der Waals surface area contributed by atoms with E-state index in [1.165, 1.54) is 5.56 Å². The molecule has 1 aromatic carbocycles. The number of benzene rings is 1. The van der Waals surface area contributed by atoms with Crippen LogP contribution in [0.2, 0.25) is 0 Å². The first-order valence-electron chi connectivity index (χ1n) is 6.04. The predicted molar refractivity (Wildman–Crippen MR) is 68.5 cm³/mol. The summed E-state index contributed by atoms with van der Waals surface area (Å²) >= 11 is 0. The van der Waals surface area contributed by atoms with Crippen molar-refractivity contribution < 1.29 is 0 Å². The topological polar surface area (TPSA) is 29.3 Å². The summed E-state index contributed by atoms with van der Waals surface area (Å²) in [6.07, 6.45) is 0. The van der Waals surface area contributed by atoms with Gasteiger partial charge < -0.3 is 5.73 Å².